The minimum absolute atomic E-state index is 0.206. The Morgan fingerprint density at radius 3 is 2.64 bits per heavy atom. The third-order valence-corrected chi connectivity index (χ3v) is 5.71. The van der Waals surface area contributed by atoms with E-state index in [0.29, 0.717) is 5.52 Å². The number of hydrogen-bond acceptors (Lipinski definition) is 5. The van der Waals surface area contributed by atoms with Gasteiger partial charge in [-0.25, -0.2) is 13.4 Å². The van der Waals surface area contributed by atoms with Gasteiger partial charge in [0.05, 0.1) is 21.4 Å². The third kappa shape index (κ3) is 4.22. The van der Waals surface area contributed by atoms with Crippen LogP contribution >= 0.6 is 27.3 Å². The molecule has 0 aliphatic carbocycles. The first-order valence-electron chi connectivity index (χ1n) is 6.55. The lowest BCUT2D eigenvalue weighted by Gasteiger charge is -2.15. The smallest absolute Gasteiger partial charge is 0.404 e. The molecule has 2 aromatic carbocycles. The summed E-state index contributed by atoms with van der Waals surface area (Å²) in [6, 6.07) is 7.91. The van der Waals surface area contributed by atoms with Gasteiger partial charge in [0.25, 0.3) is 10.0 Å². The van der Waals surface area contributed by atoms with E-state index in [2.05, 4.69) is 30.4 Å². The van der Waals surface area contributed by atoms with Crippen LogP contribution in [0.2, 0.25) is 0 Å². The maximum absolute atomic E-state index is 12.5. The van der Waals surface area contributed by atoms with E-state index in [1.165, 1.54) is 23.5 Å². The number of alkyl halides is 3. The highest BCUT2D eigenvalue weighted by Crippen LogP contribution is 2.33. The Morgan fingerprint density at radius 1 is 1.16 bits per heavy atom. The monoisotopic (exact) mass is 452 g/mol. The summed E-state index contributed by atoms with van der Waals surface area (Å²) < 4.78 is 69.7. The number of nitrogens with zero attached hydrogens (tertiary/aromatic N) is 1. The van der Waals surface area contributed by atoms with Crippen molar-refractivity contribution in [2.75, 3.05) is 4.72 Å². The van der Waals surface area contributed by atoms with Gasteiger partial charge < -0.3 is 4.74 Å². The fraction of sp³-hybridized carbons (Fsp3) is 0.0714. The van der Waals surface area contributed by atoms with E-state index in [1.54, 1.807) is 17.6 Å². The van der Waals surface area contributed by atoms with Gasteiger partial charge in [-0.3, -0.25) is 4.72 Å². The summed E-state index contributed by atoms with van der Waals surface area (Å²) in [6.45, 7) is 0. The van der Waals surface area contributed by atoms with Crippen molar-refractivity contribution < 1.29 is 26.3 Å². The predicted molar refractivity (Wildman–Crippen MR) is 91.3 cm³/mol. The Labute approximate surface area is 152 Å². The summed E-state index contributed by atoms with van der Waals surface area (Å²) in [6.07, 6.45) is -5.02. The first-order valence-corrected chi connectivity index (χ1v) is 9.71. The Morgan fingerprint density at radius 2 is 1.92 bits per heavy atom. The summed E-state index contributed by atoms with van der Waals surface area (Å²) in [5.74, 6) is -0.826. The summed E-state index contributed by atoms with van der Waals surface area (Å²) in [5.41, 5.74) is 2.50. The second-order valence-electron chi connectivity index (χ2n) is 4.78. The first kappa shape index (κ1) is 18.0. The average Bonchev–Trinajstić information content (AvgIpc) is 2.92. The van der Waals surface area contributed by atoms with E-state index < -0.39 is 27.0 Å². The highest BCUT2D eigenvalue weighted by Gasteiger charge is 2.34. The topological polar surface area (TPSA) is 68.3 Å². The van der Waals surface area contributed by atoms with Crippen molar-refractivity contribution in [3.63, 3.8) is 0 Å². The van der Waals surface area contributed by atoms with Crippen molar-refractivity contribution in [2.24, 2.45) is 0 Å². The van der Waals surface area contributed by atoms with Crippen molar-refractivity contribution in [3.8, 4) is 5.75 Å². The van der Waals surface area contributed by atoms with Crippen LogP contribution < -0.4 is 9.46 Å². The number of ether oxygens (including phenoxy) is 1. The van der Waals surface area contributed by atoms with Crippen LogP contribution in [0.25, 0.3) is 10.2 Å². The molecule has 3 rings (SSSR count). The molecule has 0 aliphatic heterocycles. The molecule has 5 nitrogen and oxygen atoms in total. The highest BCUT2D eigenvalue weighted by molar-refractivity contribution is 9.10. The van der Waals surface area contributed by atoms with Crippen LogP contribution in [0.3, 0.4) is 0 Å². The number of rotatable bonds is 4. The molecule has 0 unspecified atom stereocenters. The molecule has 0 saturated carbocycles. The van der Waals surface area contributed by atoms with Gasteiger partial charge in [-0.05, 0) is 36.4 Å². The van der Waals surface area contributed by atoms with Gasteiger partial charge >= 0.3 is 6.36 Å². The SMILES string of the molecule is O=S(=O)(Nc1ccc2ncsc2c1)c1ccc(Br)cc1OC(F)(F)F. The first-order chi connectivity index (χ1) is 11.6. The van der Waals surface area contributed by atoms with Gasteiger partial charge in [0.1, 0.15) is 4.90 Å². The lowest BCUT2D eigenvalue weighted by atomic mass is 10.3. The molecule has 25 heavy (non-hydrogen) atoms. The number of halogens is 4. The summed E-state index contributed by atoms with van der Waals surface area (Å²) in [4.78, 5) is 3.44. The molecule has 0 amide bonds. The average molecular weight is 453 g/mol. The van der Waals surface area contributed by atoms with Crippen LogP contribution in [0.1, 0.15) is 0 Å². The van der Waals surface area contributed by atoms with Crippen molar-refractivity contribution in [1.82, 2.24) is 4.98 Å². The fourth-order valence-corrected chi connectivity index (χ4v) is 4.25. The van der Waals surface area contributed by atoms with E-state index >= 15 is 0 Å². The van der Waals surface area contributed by atoms with Crippen molar-refractivity contribution >= 4 is 53.2 Å². The van der Waals surface area contributed by atoms with Gasteiger partial charge in [-0.1, -0.05) is 15.9 Å². The van der Waals surface area contributed by atoms with Crippen molar-refractivity contribution in [1.29, 1.82) is 0 Å². The van der Waals surface area contributed by atoms with Crippen LogP contribution in [0, 0.1) is 0 Å². The lowest BCUT2D eigenvalue weighted by Crippen LogP contribution is -2.21. The maximum atomic E-state index is 12.5. The minimum Gasteiger partial charge on any atom is -0.404 e. The van der Waals surface area contributed by atoms with Crippen LogP contribution in [0.15, 0.2) is 51.3 Å². The number of fused-ring (bicyclic) bond motifs is 1. The molecule has 0 bridgehead atoms. The molecule has 1 aromatic heterocycles. The van der Waals surface area contributed by atoms with Gasteiger partial charge in [-0.15, -0.1) is 24.5 Å². The molecule has 1 heterocycles. The van der Waals surface area contributed by atoms with Crippen LogP contribution in [0.5, 0.6) is 5.75 Å². The molecule has 3 aromatic rings. The zero-order chi connectivity index (χ0) is 18.2. The molecule has 0 atom stereocenters. The number of hydrogen-bond donors (Lipinski definition) is 1. The summed E-state index contributed by atoms with van der Waals surface area (Å²) >= 11 is 4.30. The second kappa shape index (κ2) is 6.46. The number of benzene rings is 2. The molecule has 11 heteroatoms. The van der Waals surface area contributed by atoms with Gasteiger partial charge in [0, 0.05) is 4.47 Å². The maximum Gasteiger partial charge on any atom is 0.573 e. The standard InChI is InChI=1S/C14H8BrF3N2O3S2/c15-8-1-4-13(11(5-8)23-14(16,17)18)25(21,22)20-9-2-3-10-12(6-9)24-7-19-10/h1-7,20H. The molecular formula is C14H8BrF3N2O3S2. The Bertz CT molecular complexity index is 1040. The second-order valence-corrected chi connectivity index (χ2v) is 8.23. The van der Waals surface area contributed by atoms with E-state index in [9.17, 15) is 21.6 Å². The molecule has 0 aliphatic rings. The van der Waals surface area contributed by atoms with Gasteiger partial charge in [0.15, 0.2) is 5.75 Å². The number of anilines is 1. The molecule has 132 valence electrons. The van der Waals surface area contributed by atoms with Gasteiger partial charge in [0.2, 0.25) is 0 Å². The Balaban J connectivity index is 1.99. The van der Waals surface area contributed by atoms with Crippen molar-refractivity contribution in [3.05, 3.63) is 46.4 Å². The number of nitrogens with one attached hydrogen (secondary N) is 1. The van der Waals surface area contributed by atoms with Crippen molar-refractivity contribution in [2.45, 2.75) is 11.3 Å². The molecule has 0 spiro atoms. The van der Waals surface area contributed by atoms with E-state index in [1.807, 2.05) is 0 Å². The molecule has 0 radical (unpaired) electrons. The molecule has 0 saturated heterocycles. The number of thiazole rings is 1. The Kier molecular flexibility index (Phi) is 4.64. The normalized spacial score (nSPS) is 12.3. The van der Waals surface area contributed by atoms with E-state index in [0.717, 1.165) is 16.8 Å². The minimum atomic E-state index is -5.02. The summed E-state index contributed by atoms with van der Waals surface area (Å²) in [7, 11) is -4.30. The van der Waals surface area contributed by atoms with E-state index in [-0.39, 0.29) is 10.2 Å². The number of aromatic nitrogens is 1. The fourth-order valence-electron chi connectivity index (χ4n) is 2.04. The molecule has 0 fully saturated rings. The third-order valence-electron chi connectivity index (χ3n) is 3.00. The quantitative estimate of drug-likeness (QED) is 0.619. The zero-order valence-corrected chi connectivity index (χ0v) is 15.3. The molecule has 1 N–H and O–H groups in total. The largest absolute Gasteiger partial charge is 0.573 e. The Hall–Kier alpha value is -1.85. The van der Waals surface area contributed by atoms with Gasteiger partial charge in [-0.2, -0.15) is 0 Å². The van der Waals surface area contributed by atoms with E-state index in [4.69, 9.17) is 0 Å². The lowest BCUT2D eigenvalue weighted by molar-refractivity contribution is -0.275. The molecular weight excluding hydrogens is 445 g/mol. The summed E-state index contributed by atoms with van der Waals surface area (Å²) in [5, 5.41) is 0. The number of sulfonamides is 1. The predicted octanol–water partition coefficient (Wildman–Crippen LogP) is 4.76. The van der Waals surface area contributed by atoms with Crippen LogP contribution in [-0.4, -0.2) is 19.8 Å². The van der Waals surface area contributed by atoms with Crippen LogP contribution in [0.4, 0.5) is 18.9 Å². The highest BCUT2D eigenvalue weighted by atomic mass is 79.9. The zero-order valence-electron chi connectivity index (χ0n) is 12.0. The van der Waals surface area contributed by atoms with Crippen LogP contribution in [-0.2, 0) is 10.0 Å².